The fourth-order valence-corrected chi connectivity index (χ4v) is 4.09. The van der Waals surface area contributed by atoms with Gasteiger partial charge in [-0.05, 0) is 43.3 Å². The summed E-state index contributed by atoms with van der Waals surface area (Å²) in [6, 6.07) is 10.2. The number of aromatic nitrogens is 1. The number of nitrogens with zero attached hydrogens (tertiary/aromatic N) is 2. The van der Waals surface area contributed by atoms with Gasteiger partial charge in [-0.25, -0.2) is 4.39 Å². The fourth-order valence-electron chi connectivity index (χ4n) is 3.80. The van der Waals surface area contributed by atoms with Crippen molar-refractivity contribution >= 4 is 34.3 Å². The number of benzene rings is 2. The number of halogens is 2. The number of rotatable bonds is 6. The van der Waals surface area contributed by atoms with Gasteiger partial charge < -0.3 is 14.0 Å². The van der Waals surface area contributed by atoms with Gasteiger partial charge in [-0.15, -0.1) is 0 Å². The molecule has 0 saturated carbocycles. The van der Waals surface area contributed by atoms with Crippen LogP contribution >= 0.6 is 11.6 Å². The molecule has 2 heterocycles. The minimum absolute atomic E-state index is 0.120. The van der Waals surface area contributed by atoms with Crippen molar-refractivity contribution < 1.29 is 23.5 Å². The minimum atomic E-state index is -0.514. The van der Waals surface area contributed by atoms with E-state index in [2.05, 4.69) is 0 Å². The molecule has 0 unspecified atom stereocenters. The van der Waals surface area contributed by atoms with E-state index in [0.29, 0.717) is 30.5 Å². The van der Waals surface area contributed by atoms with Crippen molar-refractivity contribution in [2.24, 2.45) is 0 Å². The second-order valence-corrected chi connectivity index (χ2v) is 7.79. The van der Waals surface area contributed by atoms with Crippen molar-refractivity contribution in [2.45, 2.75) is 19.9 Å². The molecule has 0 fully saturated rings. The molecule has 8 heteroatoms. The Morgan fingerprint density at radius 3 is 2.87 bits per heavy atom. The van der Waals surface area contributed by atoms with E-state index in [1.165, 1.54) is 12.1 Å². The number of ketones is 1. The second kappa shape index (κ2) is 9.08. The number of ether oxygens (including phenoxy) is 2. The Hall–Kier alpha value is -2.90. The molecule has 1 aliphatic heterocycles. The van der Waals surface area contributed by atoms with Crippen molar-refractivity contribution in [2.75, 3.05) is 26.3 Å². The zero-order chi connectivity index (χ0) is 22.0. The van der Waals surface area contributed by atoms with Crippen LogP contribution in [0.15, 0.2) is 42.6 Å². The normalized spacial score (nSPS) is 14.0. The molecule has 4 rings (SSSR count). The molecule has 0 radical (unpaired) electrons. The maximum absolute atomic E-state index is 13.5. The van der Waals surface area contributed by atoms with Crippen LogP contribution in [0.25, 0.3) is 16.6 Å². The molecule has 0 spiro atoms. The highest BCUT2D eigenvalue weighted by molar-refractivity contribution is 6.32. The van der Waals surface area contributed by atoms with Gasteiger partial charge in [-0.1, -0.05) is 11.6 Å². The molecular weight excluding hydrogens is 423 g/mol. The molecule has 0 N–H and O–H groups in total. The predicted molar refractivity (Wildman–Crippen MR) is 115 cm³/mol. The summed E-state index contributed by atoms with van der Waals surface area (Å²) in [7, 11) is 0. The first-order chi connectivity index (χ1) is 14.9. The zero-order valence-corrected chi connectivity index (χ0v) is 17.8. The highest BCUT2D eigenvalue weighted by Gasteiger charge is 2.22. The summed E-state index contributed by atoms with van der Waals surface area (Å²) in [5.74, 6) is -0.419. The van der Waals surface area contributed by atoms with Crippen LogP contribution in [0.2, 0.25) is 5.02 Å². The molecule has 162 valence electrons. The Morgan fingerprint density at radius 2 is 2.06 bits per heavy atom. The molecule has 0 saturated heterocycles. The highest BCUT2D eigenvalue weighted by atomic mass is 35.5. The molecule has 0 aliphatic carbocycles. The smallest absolute Gasteiger partial charge is 0.313 e. The molecular formula is C23H22ClFN2O4. The Labute approximate surface area is 184 Å². The van der Waals surface area contributed by atoms with Gasteiger partial charge in [-0.2, -0.15) is 0 Å². The lowest BCUT2D eigenvalue weighted by Gasteiger charge is -2.18. The van der Waals surface area contributed by atoms with E-state index < -0.39 is 5.97 Å². The minimum Gasteiger partial charge on any atom is -0.490 e. The van der Waals surface area contributed by atoms with Crippen molar-refractivity contribution in [3.05, 3.63) is 59.0 Å². The first kappa shape index (κ1) is 21.3. The lowest BCUT2D eigenvalue weighted by molar-refractivity contribution is -0.145. The van der Waals surface area contributed by atoms with E-state index >= 15 is 0 Å². The van der Waals surface area contributed by atoms with Gasteiger partial charge in [0.1, 0.15) is 24.6 Å². The predicted octanol–water partition coefficient (Wildman–Crippen LogP) is 4.14. The Kier molecular flexibility index (Phi) is 6.25. The molecule has 2 aromatic carbocycles. The van der Waals surface area contributed by atoms with Crippen molar-refractivity contribution in [1.29, 1.82) is 0 Å². The molecule has 6 nitrogen and oxygen atoms in total. The van der Waals surface area contributed by atoms with Gasteiger partial charge in [0.2, 0.25) is 0 Å². The van der Waals surface area contributed by atoms with Crippen molar-refractivity contribution in [3.63, 3.8) is 0 Å². The largest absolute Gasteiger partial charge is 0.490 e. The molecule has 0 atom stereocenters. The number of carbonyl (C=O) groups excluding carboxylic acids is 2. The molecule has 1 aromatic heterocycles. The third-order valence-corrected chi connectivity index (χ3v) is 5.41. The quantitative estimate of drug-likeness (QED) is 0.422. The van der Waals surface area contributed by atoms with Crippen LogP contribution in [0.5, 0.6) is 5.75 Å². The van der Waals surface area contributed by atoms with E-state index in [0.717, 1.165) is 22.2 Å². The molecule has 3 aromatic rings. The number of carbonyl (C=O) groups is 2. The van der Waals surface area contributed by atoms with E-state index in [1.54, 1.807) is 13.0 Å². The van der Waals surface area contributed by atoms with E-state index in [4.69, 9.17) is 21.1 Å². The summed E-state index contributed by atoms with van der Waals surface area (Å²) in [5.41, 5.74) is 2.51. The third-order valence-electron chi connectivity index (χ3n) is 5.13. The number of hydrogen-bond donors (Lipinski definition) is 0. The average Bonchev–Trinajstić information content (AvgIpc) is 3.01. The van der Waals surface area contributed by atoms with Crippen LogP contribution in [0, 0.1) is 5.82 Å². The van der Waals surface area contributed by atoms with Crippen LogP contribution in [-0.4, -0.2) is 47.5 Å². The van der Waals surface area contributed by atoms with Crippen LogP contribution in [-0.2, 0) is 20.9 Å². The Bertz CT molecular complexity index is 1140. The lowest BCUT2D eigenvalue weighted by Crippen LogP contribution is -2.32. The summed E-state index contributed by atoms with van der Waals surface area (Å²) >= 11 is 6.53. The molecule has 0 bridgehead atoms. The summed E-state index contributed by atoms with van der Waals surface area (Å²) in [6.45, 7) is 3.43. The average molecular weight is 445 g/mol. The lowest BCUT2D eigenvalue weighted by atomic mass is 10.1. The summed E-state index contributed by atoms with van der Waals surface area (Å²) < 4.78 is 26.2. The summed E-state index contributed by atoms with van der Waals surface area (Å²) in [5, 5.41) is 1.25. The van der Waals surface area contributed by atoms with Crippen molar-refractivity contribution in [1.82, 2.24) is 9.47 Å². The maximum Gasteiger partial charge on any atom is 0.313 e. The fraction of sp³-hybridized carbons (Fsp3) is 0.304. The van der Waals surface area contributed by atoms with E-state index in [9.17, 15) is 14.0 Å². The molecule has 0 amide bonds. The standard InChI is InChI=1S/C23H22ClFN2O4/c1-2-30-22(29)12-19(28)14-26-7-8-31-23-16(13-26)10-18(11-20(23)24)27-6-5-15-9-17(25)3-4-21(15)27/h3-6,9-11H,2,7-8,12-14H2,1H3. The molecule has 31 heavy (non-hydrogen) atoms. The van der Waals surface area contributed by atoms with Crippen LogP contribution in [0.1, 0.15) is 18.9 Å². The topological polar surface area (TPSA) is 60.8 Å². The number of fused-ring (bicyclic) bond motifs is 2. The third kappa shape index (κ3) is 4.73. The highest BCUT2D eigenvalue weighted by Crippen LogP contribution is 2.35. The van der Waals surface area contributed by atoms with Gasteiger partial charge in [0.15, 0.2) is 5.78 Å². The number of hydrogen-bond acceptors (Lipinski definition) is 5. The van der Waals surface area contributed by atoms with Gasteiger partial charge in [0, 0.05) is 35.9 Å². The summed E-state index contributed by atoms with van der Waals surface area (Å²) in [4.78, 5) is 25.8. The van der Waals surface area contributed by atoms with Gasteiger partial charge in [0.25, 0.3) is 0 Å². The van der Waals surface area contributed by atoms with Crippen LogP contribution < -0.4 is 4.74 Å². The van der Waals surface area contributed by atoms with E-state index in [1.807, 2.05) is 33.9 Å². The van der Waals surface area contributed by atoms with Crippen molar-refractivity contribution in [3.8, 4) is 11.4 Å². The number of esters is 1. The Balaban J connectivity index is 1.59. The zero-order valence-electron chi connectivity index (χ0n) is 17.1. The van der Waals surface area contributed by atoms with Crippen LogP contribution in [0.3, 0.4) is 0 Å². The monoisotopic (exact) mass is 444 g/mol. The van der Waals surface area contributed by atoms with Crippen LogP contribution in [0.4, 0.5) is 4.39 Å². The number of Topliss-reactive ketones (excluding diaryl/α,β-unsaturated/α-hetero) is 1. The first-order valence-electron chi connectivity index (χ1n) is 10.1. The Morgan fingerprint density at radius 1 is 1.23 bits per heavy atom. The van der Waals surface area contributed by atoms with Gasteiger partial charge in [-0.3, -0.25) is 14.5 Å². The maximum atomic E-state index is 13.5. The SMILES string of the molecule is CCOC(=O)CC(=O)CN1CCOc2c(Cl)cc(-n3ccc4cc(F)ccc43)cc2C1. The van der Waals surface area contributed by atoms with E-state index in [-0.39, 0.29) is 31.2 Å². The second-order valence-electron chi connectivity index (χ2n) is 7.38. The summed E-state index contributed by atoms with van der Waals surface area (Å²) in [6.07, 6.45) is 1.62. The first-order valence-corrected chi connectivity index (χ1v) is 10.4. The van der Waals surface area contributed by atoms with Gasteiger partial charge in [0.05, 0.1) is 23.7 Å². The molecule has 1 aliphatic rings. The van der Waals surface area contributed by atoms with Gasteiger partial charge >= 0.3 is 5.97 Å².